The highest BCUT2D eigenvalue weighted by atomic mass is 31.2. The summed E-state index contributed by atoms with van der Waals surface area (Å²) in [6.07, 6.45) is 51.0. The van der Waals surface area contributed by atoms with E-state index in [1.165, 1.54) is 193 Å². The van der Waals surface area contributed by atoms with Crippen molar-refractivity contribution >= 4 is 39.5 Å². The minimum Gasteiger partial charge on any atom is -0.462 e. The van der Waals surface area contributed by atoms with Crippen LogP contribution >= 0.6 is 15.6 Å². The SMILES string of the molecule is CCCCCCCCCCCCCCC(=O)OC[C@H](COP(=O)(O)OC[C@H](O)COP(=O)(O)OC[C@@H](COC(=O)CCCCCCCCCCCCC(C)CC)OC(=O)CCCCCCCCCCCCC(C)CC)OC(=O)CCCCCCCCCCCCCC. The highest BCUT2D eigenvalue weighted by Crippen LogP contribution is 2.45. The van der Waals surface area contributed by atoms with E-state index < -0.39 is 97.5 Å². The summed E-state index contributed by atoms with van der Waals surface area (Å²) in [5.74, 6) is -0.505. The van der Waals surface area contributed by atoms with E-state index >= 15 is 0 Å². The molecule has 0 aromatic heterocycles. The second-order valence-electron chi connectivity index (χ2n) is 26.8. The highest BCUT2D eigenvalue weighted by molar-refractivity contribution is 7.47. The zero-order valence-corrected chi connectivity index (χ0v) is 61.6. The van der Waals surface area contributed by atoms with Crippen molar-refractivity contribution in [1.82, 2.24) is 0 Å². The van der Waals surface area contributed by atoms with Crippen LogP contribution in [0.2, 0.25) is 0 Å². The molecule has 0 aromatic carbocycles. The van der Waals surface area contributed by atoms with Gasteiger partial charge in [-0.2, -0.15) is 0 Å². The Bertz CT molecular complexity index is 1790. The van der Waals surface area contributed by atoms with Crippen molar-refractivity contribution in [2.45, 2.75) is 394 Å². The maximum Gasteiger partial charge on any atom is 0.472 e. The molecule has 0 spiro atoms. The summed E-state index contributed by atoms with van der Waals surface area (Å²) in [6, 6.07) is 0. The van der Waals surface area contributed by atoms with Gasteiger partial charge in [0.1, 0.15) is 19.3 Å². The van der Waals surface area contributed by atoms with Gasteiger partial charge in [-0.25, -0.2) is 9.13 Å². The molecule has 0 aromatic rings. The molecule has 546 valence electrons. The van der Waals surface area contributed by atoms with Gasteiger partial charge in [-0.1, -0.05) is 324 Å². The molecule has 0 heterocycles. The van der Waals surface area contributed by atoms with Crippen molar-refractivity contribution in [3.05, 3.63) is 0 Å². The number of unbranched alkanes of at least 4 members (excludes halogenated alkanes) is 40. The molecule has 0 amide bonds. The van der Waals surface area contributed by atoms with Crippen molar-refractivity contribution in [2.75, 3.05) is 39.6 Å². The lowest BCUT2D eigenvalue weighted by Gasteiger charge is -2.21. The molecule has 0 rings (SSSR count). The number of aliphatic hydroxyl groups is 1. The first-order valence-electron chi connectivity index (χ1n) is 38.1. The normalized spacial score (nSPS) is 14.7. The first kappa shape index (κ1) is 90.1. The molecule has 3 N–H and O–H groups in total. The number of rotatable bonds is 72. The lowest BCUT2D eigenvalue weighted by atomic mass is 9.99. The summed E-state index contributed by atoms with van der Waals surface area (Å²) in [6.45, 7) is 9.63. The molecule has 4 unspecified atom stereocenters. The van der Waals surface area contributed by atoms with Gasteiger partial charge in [0.25, 0.3) is 0 Å². The molecule has 0 aliphatic rings. The van der Waals surface area contributed by atoms with Crippen LogP contribution in [0.3, 0.4) is 0 Å². The monoisotopic (exact) mass is 1350 g/mol. The highest BCUT2D eigenvalue weighted by Gasteiger charge is 2.30. The van der Waals surface area contributed by atoms with Crippen LogP contribution in [0.5, 0.6) is 0 Å². The Hall–Kier alpha value is -1.94. The maximum absolute atomic E-state index is 13.1. The van der Waals surface area contributed by atoms with Crippen LogP contribution in [0.25, 0.3) is 0 Å². The molecule has 0 radical (unpaired) electrons. The van der Waals surface area contributed by atoms with Crippen molar-refractivity contribution < 1.29 is 80.2 Å². The zero-order valence-electron chi connectivity index (χ0n) is 59.9. The van der Waals surface area contributed by atoms with Gasteiger partial charge in [0.15, 0.2) is 12.2 Å². The van der Waals surface area contributed by atoms with Crippen molar-refractivity contribution in [1.29, 1.82) is 0 Å². The first-order valence-corrected chi connectivity index (χ1v) is 41.1. The van der Waals surface area contributed by atoms with E-state index in [2.05, 4.69) is 41.5 Å². The van der Waals surface area contributed by atoms with Gasteiger partial charge in [-0.05, 0) is 37.5 Å². The van der Waals surface area contributed by atoms with Crippen molar-refractivity contribution in [3.63, 3.8) is 0 Å². The predicted molar refractivity (Wildman–Crippen MR) is 372 cm³/mol. The van der Waals surface area contributed by atoms with E-state index in [-0.39, 0.29) is 25.7 Å². The standard InChI is InChI=1S/C73H142O17P2/c1-7-11-13-15-17-19-21-23-31-37-43-49-55-70(75)83-61-68(89-72(77)57-51-45-39-33-24-22-20-18-16-14-12-8-2)63-87-91(79,80)85-59-67(74)60-86-92(81,82)88-64-69(90-73(78)58-52-46-40-34-28-26-30-36-42-48-54-66(6)10-4)62-84-71(76)56-50-44-38-32-27-25-29-35-41-47-53-65(5)9-3/h65-69,74H,7-64H2,1-6H3,(H,79,80)(H,81,82)/t65?,66?,67-,68+,69+/m0/s1. The Morgan fingerprint density at radius 3 is 0.772 bits per heavy atom. The Labute approximate surface area is 562 Å². The molecular formula is C73H142O17P2. The van der Waals surface area contributed by atoms with Crippen LogP contribution in [0.15, 0.2) is 0 Å². The Morgan fingerprint density at radius 1 is 0.304 bits per heavy atom. The van der Waals surface area contributed by atoms with E-state index in [9.17, 15) is 43.2 Å². The summed E-state index contributed by atoms with van der Waals surface area (Å²) in [4.78, 5) is 72.7. The molecule has 19 heteroatoms. The second-order valence-corrected chi connectivity index (χ2v) is 29.7. The number of hydrogen-bond acceptors (Lipinski definition) is 15. The fourth-order valence-corrected chi connectivity index (χ4v) is 12.6. The van der Waals surface area contributed by atoms with E-state index in [1.807, 2.05) is 0 Å². The van der Waals surface area contributed by atoms with Gasteiger partial charge >= 0.3 is 39.5 Å². The molecule has 0 saturated heterocycles. The molecule has 0 saturated carbocycles. The number of hydrogen-bond donors (Lipinski definition) is 3. The summed E-state index contributed by atoms with van der Waals surface area (Å²) >= 11 is 0. The van der Waals surface area contributed by atoms with Crippen LogP contribution in [-0.2, 0) is 65.4 Å². The van der Waals surface area contributed by atoms with Gasteiger partial charge in [-0.3, -0.25) is 37.3 Å². The van der Waals surface area contributed by atoms with E-state index in [0.29, 0.717) is 25.7 Å². The molecule has 0 fully saturated rings. The second kappa shape index (κ2) is 65.0. The third kappa shape index (κ3) is 64.1. The van der Waals surface area contributed by atoms with Gasteiger partial charge in [0.2, 0.25) is 0 Å². The third-order valence-corrected chi connectivity index (χ3v) is 19.6. The Morgan fingerprint density at radius 2 is 0.522 bits per heavy atom. The first-order chi connectivity index (χ1) is 44.4. The molecular weight excluding hydrogens is 1210 g/mol. The van der Waals surface area contributed by atoms with E-state index in [0.717, 1.165) is 102 Å². The fraction of sp³-hybridized carbons (Fsp3) is 0.945. The number of phosphoric acid groups is 2. The Kier molecular flexibility index (Phi) is 63.7. The lowest BCUT2D eigenvalue weighted by molar-refractivity contribution is -0.161. The van der Waals surface area contributed by atoms with Crippen LogP contribution in [0.4, 0.5) is 0 Å². The van der Waals surface area contributed by atoms with Crippen LogP contribution in [-0.4, -0.2) is 96.7 Å². The summed E-state index contributed by atoms with van der Waals surface area (Å²) in [7, 11) is -9.91. The maximum atomic E-state index is 13.1. The summed E-state index contributed by atoms with van der Waals surface area (Å²) in [5, 5.41) is 10.6. The number of aliphatic hydroxyl groups excluding tert-OH is 1. The molecule has 0 aliphatic heterocycles. The van der Waals surface area contributed by atoms with Crippen LogP contribution < -0.4 is 0 Å². The summed E-state index contributed by atoms with van der Waals surface area (Å²) in [5.41, 5.74) is 0. The van der Waals surface area contributed by atoms with Crippen molar-refractivity contribution in [3.8, 4) is 0 Å². The van der Waals surface area contributed by atoms with E-state index in [4.69, 9.17) is 37.0 Å². The molecule has 17 nitrogen and oxygen atoms in total. The fourth-order valence-electron chi connectivity index (χ4n) is 11.1. The Balaban J connectivity index is 5.27. The topological polar surface area (TPSA) is 237 Å². The number of phosphoric ester groups is 2. The molecule has 0 bridgehead atoms. The van der Waals surface area contributed by atoms with Gasteiger partial charge < -0.3 is 33.8 Å². The number of carbonyl (C=O) groups excluding carboxylic acids is 4. The minimum absolute atomic E-state index is 0.106. The number of ether oxygens (including phenoxy) is 4. The van der Waals surface area contributed by atoms with E-state index in [1.54, 1.807) is 0 Å². The smallest absolute Gasteiger partial charge is 0.462 e. The van der Waals surface area contributed by atoms with Crippen LogP contribution in [0, 0.1) is 11.8 Å². The zero-order chi connectivity index (χ0) is 67.9. The van der Waals surface area contributed by atoms with Crippen molar-refractivity contribution in [2.24, 2.45) is 11.8 Å². The number of esters is 4. The van der Waals surface area contributed by atoms with Gasteiger partial charge in [0.05, 0.1) is 26.4 Å². The largest absolute Gasteiger partial charge is 0.472 e. The third-order valence-electron chi connectivity index (χ3n) is 17.7. The predicted octanol–water partition coefficient (Wildman–Crippen LogP) is 21.2. The minimum atomic E-state index is -4.95. The molecule has 7 atom stereocenters. The lowest BCUT2D eigenvalue weighted by Crippen LogP contribution is -2.30. The molecule has 0 aliphatic carbocycles. The van der Waals surface area contributed by atoms with Crippen LogP contribution in [0.1, 0.15) is 375 Å². The average molecular weight is 1350 g/mol. The quantitative estimate of drug-likeness (QED) is 0.0222. The average Bonchev–Trinajstić information content (AvgIpc) is 1.55. The summed E-state index contributed by atoms with van der Waals surface area (Å²) < 4.78 is 68.4. The molecule has 92 heavy (non-hydrogen) atoms. The van der Waals surface area contributed by atoms with Gasteiger partial charge in [0, 0.05) is 25.7 Å². The number of carbonyl (C=O) groups is 4. The van der Waals surface area contributed by atoms with Gasteiger partial charge in [-0.15, -0.1) is 0 Å².